The summed E-state index contributed by atoms with van der Waals surface area (Å²) in [5.41, 5.74) is 0.421. The third-order valence-electron chi connectivity index (χ3n) is 2.74. The largest absolute Gasteiger partial charge is 0.465 e. The van der Waals surface area contributed by atoms with Crippen molar-refractivity contribution in [1.82, 2.24) is 10.3 Å². The Bertz CT molecular complexity index is 692. The molecular formula is C16H15BrN2O3S. The Morgan fingerprint density at radius 1 is 1.26 bits per heavy atom. The molecule has 2 aromatic rings. The summed E-state index contributed by atoms with van der Waals surface area (Å²) in [6, 6.07) is 11.1. The molecule has 1 heterocycles. The molecule has 120 valence electrons. The second-order valence-electron chi connectivity index (χ2n) is 4.40. The Kier molecular flexibility index (Phi) is 6.61. The number of nitrogens with one attached hydrogen (secondary N) is 1. The number of carbonyl (C=O) groups is 2. The zero-order valence-electron chi connectivity index (χ0n) is 12.4. The van der Waals surface area contributed by atoms with Crippen LogP contribution in [0.5, 0.6) is 0 Å². The van der Waals surface area contributed by atoms with Gasteiger partial charge in [0.1, 0.15) is 11.6 Å². The molecule has 0 saturated heterocycles. The van der Waals surface area contributed by atoms with E-state index >= 15 is 0 Å². The number of halogens is 1. The van der Waals surface area contributed by atoms with E-state index in [4.69, 9.17) is 4.74 Å². The lowest BCUT2D eigenvalue weighted by molar-refractivity contribution is -0.141. The zero-order chi connectivity index (χ0) is 16.7. The number of hydrogen-bond acceptors (Lipinski definition) is 5. The average molecular weight is 395 g/mol. The average Bonchev–Trinajstić information content (AvgIpc) is 2.55. The molecule has 0 fully saturated rings. The Balaban J connectivity index is 2.09. The van der Waals surface area contributed by atoms with E-state index in [9.17, 15) is 9.59 Å². The van der Waals surface area contributed by atoms with Crippen molar-refractivity contribution >= 4 is 39.6 Å². The van der Waals surface area contributed by atoms with Crippen LogP contribution in [-0.4, -0.2) is 30.0 Å². The maximum Gasteiger partial charge on any atom is 0.325 e. The van der Waals surface area contributed by atoms with E-state index in [1.807, 2.05) is 24.3 Å². The molecule has 1 amide bonds. The SMILES string of the molecule is CCOC(=O)CNC(=O)c1cccnc1Sc1ccc(Br)cc1. The first-order valence-electron chi connectivity index (χ1n) is 6.92. The van der Waals surface area contributed by atoms with Gasteiger partial charge in [-0.3, -0.25) is 9.59 Å². The van der Waals surface area contributed by atoms with Gasteiger partial charge in [0.2, 0.25) is 0 Å². The molecule has 2 rings (SSSR count). The number of ether oxygens (including phenoxy) is 1. The minimum atomic E-state index is -0.466. The van der Waals surface area contributed by atoms with Crippen LogP contribution in [-0.2, 0) is 9.53 Å². The minimum Gasteiger partial charge on any atom is -0.465 e. The van der Waals surface area contributed by atoms with Crippen LogP contribution >= 0.6 is 27.7 Å². The highest BCUT2D eigenvalue weighted by molar-refractivity contribution is 9.10. The fraction of sp³-hybridized carbons (Fsp3) is 0.188. The standard InChI is InChI=1S/C16H15BrN2O3S/c1-2-22-14(20)10-19-15(21)13-4-3-9-18-16(13)23-12-7-5-11(17)6-8-12/h3-9H,2,10H2,1H3,(H,19,21). The van der Waals surface area contributed by atoms with Crippen LogP contribution in [0, 0.1) is 0 Å². The van der Waals surface area contributed by atoms with Gasteiger partial charge in [-0.05, 0) is 43.3 Å². The quantitative estimate of drug-likeness (QED) is 0.761. The highest BCUT2D eigenvalue weighted by Crippen LogP contribution is 2.29. The highest BCUT2D eigenvalue weighted by atomic mass is 79.9. The van der Waals surface area contributed by atoms with Crippen molar-refractivity contribution in [3.63, 3.8) is 0 Å². The first kappa shape index (κ1) is 17.5. The van der Waals surface area contributed by atoms with E-state index in [-0.39, 0.29) is 19.1 Å². The number of amides is 1. The monoisotopic (exact) mass is 394 g/mol. The fourth-order valence-electron chi connectivity index (χ4n) is 1.72. The van der Waals surface area contributed by atoms with Crippen LogP contribution in [0.2, 0.25) is 0 Å². The number of nitrogens with zero attached hydrogens (tertiary/aromatic N) is 1. The molecule has 7 heteroatoms. The van der Waals surface area contributed by atoms with Gasteiger partial charge in [-0.25, -0.2) is 4.98 Å². The van der Waals surface area contributed by atoms with Gasteiger partial charge in [0.15, 0.2) is 0 Å². The molecular weight excluding hydrogens is 380 g/mol. The van der Waals surface area contributed by atoms with Crippen molar-refractivity contribution in [2.45, 2.75) is 16.8 Å². The first-order valence-corrected chi connectivity index (χ1v) is 8.53. The summed E-state index contributed by atoms with van der Waals surface area (Å²) in [5.74, 6) is -0.822. The smallest absolute Gasteiger partial charge is 0.325 e. The number of rotatable bonds is 6. The maximum absolute atomic E-state index is 12.2. The van der Waals surface area contributed by atoms with Crippen molar-refractivity contribution in [2.75, 3.05) is 13.2 Å². The van der Waals surface area contributed by atoms with Gasteiger partial charge >= 0.3 is 5.97 Å². The molecule has 23 heavy (non-hydrogen) atoms. The Morgan fingerprint density at radius 3 is 2.70 bits per heavy atom. The van der Waals surface area contributed by atoms with Crippen molar-refractivity contribution in [3.8, 4) is 0 Å². The van der Waals surface area contributed by atoms with E-state index < -0.39 is 5.97 Å². The van der Waals surface area contributed by atoms with Gasteiger partial charge in [-0.15, -0.1) is 0 Å². The summed E-state index contributed by atoms with van der Waals surface area (Å²) >= 11 is 4.77. The lowest BCUT2D eigenvalue weighted by atomic mass is 10.2. The van der Waals surface area contributed by atoms with Crippen LogP contribution in [0.1, 0.15) is 17.3 Å². The maximum atomic E-state index is 12.2. The number of aromatic nitrogens is 1. The van der Waals surface area contributed by atoms with Gasteiger partial charge in [-0.2, -0.15) is 0 Å². The minimum absolute atomic E-state index is 0.163. The molecule has 0 spiro atoms. The van der Waals surface area contributed by atoms with E-state index in [0.717, 1.165) is 9.37 Å². The van der Waals surface area contributed by atoms with Crippen LogP contribution in [0.3, 0.4) is 0 Å². The van der Waals surface area contributed by atoms with Gasteiger partial charge < -0.3 is 10.1 Å². The van der Waals surface area contributed by atoms with Crippen LogP contribution in [0.4, 0.5) is 0 Å². The molecule has 0 saturated carbocycles. The molecule has 0 unspecified atom stereocenters. The van der Waals surface area contributed by atoms with Crippen molar-refractivity contribution in [2.24, 2.45) is 0 Å². The predicted octanol–water partition coefficient (Wildman–Crippen LogP) is 3.29. The number of esters is 1. The van der Waals surface area contributed by atoms with Gasteiger partial charge in [0.25, 0.3) is 5.91 Å². The third-order valence-corrected chi connectivity index (χ3v) is 4.30. The second kappa shape index (κ2) is 8.69. The van der Waals surface area contributed by atoms with Gasteiger partial charge in [-0.1, -0.05) is 27.7 Å². The molecule has 1 aromatic carbocycles. The lowest BCUT2D eigenvalue weighted by Gasteiger charge is -2.09. The molecule has 0 bridgehead atoms. The number of hydrogen-bond donors (Lipinski definition) is 1. The Morgan fingerprint density at radius 2 is 2.00 bits per heavy atom. The Hall–Kier alpha value is -1.86. The van der Waals surface area contributed by atoms with Crippen LogP contribution in [0.25, 0.3) is 0 Å². The predicted molar refractivity (Wildman–Crippen MR) is 91.5 cm³/mol. The topological polar surface area (TPSA) is 68.3 Å². The molecule has 1 N–H and O–H groups in total. The molecule has 0 aliphatic heterocycles. The third kappa shape index (κ3) is 5.37. The number of pyridine rings is 1. The summed E-state index contributed by atoms with van der Waals surface area (Å²) in [6.07, 6.45) is 1.63. The molecule has 5 nitrogen and oxygen atoms in total. The number of benzene rings is 1. The summed E-state index contributed by atoms with van der Waals surface area (Å²) in [5, 5.41) is 3.12. The van der Waals surface area contributed by atoms with E-state index in [0.29, 0.717) is 10.6 Å². The van der Waals surface area contributed by atoms with Gasteiger partial charge in [0.05, 0.1) is 12.2 Å². The number of carbonyl (C=O) groups excluding carboxylic acids is 2. The summed E-state index contributed by atoms with van der Waals surface area (Å²) in [6.45, 7) is 1.84. The molecule has 0 aliphatic rings. The van der Waals surface area contributed by atoms with Crippen LogP contribution < -0.4 is 5.32 Å². The first-order chi connectivity index (χ1) is 11.1. The van der Waals surface area contributed by atoms with Crippen LogP contribution in [0.15, 0.2) is 57.0 Å². The summed E-state index contributed by atoms with van der Waals surface area (Å²) in [4.78, 5) is 28.8. The lowest BCUT2D eigenvalue weighted by Crippen LogP contribution is -2.31. The fourth-order valence-corrected chi connectivity index (χ4v) is 2.86. The molecule has 0 aliphatic carbocycles. The van der Waals surface area contributed by atoms with E-state index in [1.165, 1.54) is 11.8 Å². The second-order valence-corrected chi connectivity index (χ2v) is 6.38. The normalized spacial score (nSPS) is 10.2. The molecule has 1 aromatic heterocycles. The summed E-state index contributed by atoms with van der Waals surface area (Å²) in [7, 11) is 0. The zero-order valence-corrected chi connectivity index (χ0v) is 14.8. The molecule has 0 radical (unpaired) electrons. The summed E-state index contributed by atoms with van der Waals surface area (Å²) < 4.78 is 5.77. The van der Waals surface area contributed by atoms with E-state index in [2.05, 4.69) is 26.2 Å². The highest BCUT2D eigenvalue weighted by Gasteiger charge is 2.14. The van der Waals surface area contributed by atoms with Crippen molar-refractivity contribution in [1.29, 1.82) is 0 Å². The van der Waals surface area contributed by atoms with Crippen molar-refractivity contribution in [3.05, 3.63) is 52.6 Å². The van der Waals surface area contributed by atoms with Gasteiger partial charge in [0, 0.05) is 15.6 Å². The van der Waals surface area contributed by atoms with Crippen molar-refractivity contribution < 1.29 is 14.3 Å². The Labute approximate surface area is 147 Å². The molecule has 0 atom stereocenters. The van der Waals surface area contributed by atoms with E-state index in [1.54, 1.807) is 25.3 Å².